The van der Waals surface area contributed by atoms with Crippen molar-refractivity contribution in [2.75, 3.05) is 13.7 Å². The molecular formula is C15H23NO2. The Hall–Kier alpha value is -1.22. The number of hydrogen-bond acceptors (Lipinski definition) is 3. The van der Waals surface area contributed by atoms with Crippen LogP contribution in [0.3, 0.4) is 0 Å². The standard InChI is InChI=1S/C15H23NO2/c1-3-17-14-9-4-5-10-15(14)18-13-8-6-7-12(11-13)16-2/h4-5,9-10,12-13,16H,3,6-8,11H2,1-2H3. The molecular weight excluding hydrogens is 226 g/mol. The van der Waals surface area contributed by atoms with E-state index in [1.165, 1.54) is 12.8 Å². The Morgan fingerprint density at radius 3 is 2.72 bits per heavy atom. The molecule has 1 aliphatic rings. The van der Waals surface area contributed by atoms with Gasteiger partial charge in [0.1, 0.15) is 6.10 Å². The van der Waals surface area contributed by atoms with E-state index in [1.807, 2.05) is 38.2 Å². The van der Waals surface area contributed by atoms with Crippen molar-refractivity contribution in [3.05, 3.63) is 24.3 Å². The molecule has 0 amide bonds. The molecule has 100 valence electrons. The van der Waals surface area contributed by atoms with Crippen molar-refractivity contribution in [2.45, 2.75) is 44.8 Å². The lowest BCUT2D eigenvalue weighted by atomic mass is 9.93. The Morgan fingerprint density at radius 2 is 2.00 bits per heavy atom. The minimum atomic E-state index is 0.304. The predicted octanol–water partition coefficient (Wildman–Crippen LogP) is 2.99. The van der Waals surface area contributed by atoms with Gasteiger partial charge in [-0.15, -0.1) is 0 Å². The largest absolute Gasteiger partial charge is 0.490 e. The molecule has 3 nitrogen and oxygen atoms in total. The molecule has 18 heavy (non-hydrogen) atoms. The van der Waals surface area contributed by atoms with Crippen LogP contribution in [0.15, 0.2) is 24.3 Å². The first-order chi connectivity index (χ1) is 8.83. The van der Waals surface area contributed by atoms with Crippen LogP contribution in [0.4, 0.5) is 0 Å². The third kappa shape index (κ3) is 3.39. The highest BCUT2D eigenvalue weighted by Crippen LogP contribution is 2.30. The summed E-state index contributed by atoms with van der Waals surface area (Å²) in [5, 5.41) is 3.35. The SMILES string of the molecule is CCOc1ccccc1OC1CCCC(NC)C1. The van der Waals surface area contributed by atoms with E-state index in [0.717, 1.165) is 24.3 Å². The molecule has 0 saturated heterocycles. The summed E-state index contributed by atoms with van der Waals surface area (Å²) >= 11 is 0. The average molecular weight is 249 g/mol. The molecule has 0 spiro atoms. The minimum Gasteiger partial charge on any atom is -0.490 e. The number of nitrogens with one attached hydrogen (secondary N) is 1. The van der Waals surface area contributed by atoms with Gasteiger partial charge >= 0.3 is 0 Å². The number of rotatable bonds is 5. The van der Waals surface area contributed by atoms with Gasteiger partial charge in [0.05, 0.1) is 6.61 Å². The van der Waals surface area contributed by atoms with Gasteiger partial charge in [0.15, 0.2) is 11.5 Å². The summed E-state index contributed by atoms with van der Waals surface area (Å²) in [7, 11) is 2.03. The van der Waals surface area contributed by atoms with Crippen molar-refractivity contribution in [3.8, 4) is 11.5 Å². The van der Waals surface area contributed by atoms with Crippen molar-refractivity contribution in [1.29, 1.82) is 0 Å². The topological polar surface area (TPSA) is 30.5 Å². The summed E-state index contributed by atoms with van der Waals surface area (Å²) in [6, 6.07) is 8.53. The molecule has 0 heterocycles. The van der Waals surface area contributed by atoms with E-state index in [9.17, 15) is 0 Å². The molecule has 0 aliphatic heterocycles. The van der Waals surface area contributed by atoms with Gasteiger partial charge in [-0.2, -0.15) is 0 Å². The highest BCUT2D eigenvalue weighted by Gasteiger charge is 2.22. The van der Waals surface area contributed by atoms with Crippen LogP contribution < -0.4 is 14.8 Å². The smallest absolute Gasteiger partial charge is 0.161 e. The van der Waals surface area contributed by atoms with Crippen LogP contribution in [0.25, 0.3) is 0 Å². The fourth-order valence-corrected chi connectivity index (χ4v) is 2.52. The first kappa shape index (κ1) is 13.2. The summed E-state index contributed by atoms with van der Waals surface area (Å²) in [6.07, 6.45) is 5.00. The van der Waals surface area contributed by atoms with E-state index in [-0.39, 0.29) is 0 Å². The zero-order valence-electron chi connectivity index (χ0n) is 11.3. The van der Waals surface area contributed by atoms with E-state index >= 15 is 0 Å². The van der Waals surface area contributed by atoms with Gasteiger partial charge in [-0.3, -0.25) is 0 Å². The first-order valence-electron chi connectivity index (χ1n) is 6.89. The second-order valence-electron chi connectivity index (χ2n) is 4.77. The monoisotopic (exact) mass is 249 g/mol. The minimum absolute atomic E-state index is 0.304. The molecule has 1 aromatic rings. The average Bonchev–Trinajstić information content (AvgIpc) is 2.41. The summed E-state index contributed by atoms with van der Waals surface area (Å²) in [6.45, 7) is 2.67. The lowest BCUT2D eigenvalue weighted by Gasteiger charge is -2.29. The van der Waals surface area contributed by atoms with Crippen molar-refractivity contribution >= 4 is 0 Å². The number of hydrogen-bond donors (Lipinski definition) is 1. The summed E-state index contributed by atoms with van der Waals surface area (Å²) < 4.78 is 11.7. The van der Waals surface area contributed by atoms with Gasteiger partial charge < -0.3 is 14.8 Å². The quantitative estimate of drug-likeness (QED) is 0.870. The van der Waals surface area contributed by atoms with E-state index in [1.54, 1.807) is 0 Å². The molecule has 0 aromatic heterocycles. The predicted molar refractivity (Wildman–Crippen MR) is 73.3 cm³/mol. The van der Waals surface area contributed by atoms with Crippen LogP contribution in [0.1, 0.15) is 32.6 Å². The van der Waals surface area contributed by atoms with E-state index in [4.69, 9.17) is 9.47 Å². The Balaban J connectivity index is 1.99. The summed E-state index contributed by atoms with van der Waals surface area (Å²) in [5.74, 6) is 1.73. The van der Waals surface area contributed by atoms with Gasteiger partial charge in [-0.05, 0) is 51.8 Å². The molecule has 2 atom stereocenters. The molecule has 1 aliphatic carbocycles. The van der Waals surface area contributed by atoms with E-state index in [0.29, 0.717) is 18.8 Å². The van der Waals surface area contributed by atoms with Crippen LogP contribution in [-0.2, 0) is 0 Å². The Kier molecular flexibility index (Phi) is 4.88. The number of benzene rings is 1. The van der Waals surface area contributed by atoms with Crippen molar-refractivity contribution in [1.82, 2.24) is 5.32 Å². The van der Waals surface area contributed by atoms with Gasteiger partial charge in [0, 0.05) is 6.04 Å². The summed E-state index contributed by atoms with van der Waals surface area (Å²) in [4.78, 5) is 0. The Bertz CT molecular complexity index is 367. The van der Waals surface area contributed by atoms with E-state index in [2.05, 4.69) is 5.32 Å². The maximum atomic E-state index is 6.11. The maximum Gasteiger partial charge on any atom is 0.161 e. The van der Waals surface area contributed by atoms with Gasteiger partial charge in [0.2, 0.25) is 0 Å². The lowest BCUT2D eigenvalue weighted by Crippen LogP contribution is -2.36. The fourth-order valence-electron chi connectivity index (χ4n) is 2.52. The van der Waals surface area contributed by atoms with Gasteiger partial charge in [0.25, 0.3) is 0 Å². The van der Waals surface area contributed by atoms with Crippen LogP contribution in [0.2, 0.25) is 0 Å². The van der Waals surface area contributed by atoms with Crippen molar-refractivity contribution < 1.29 is 9.47 Å². The molecule has 3 heteroatoms. The highest BCUT2D eigenvalue weighted by atomic mass is 16.5. The molecule has 1 fully saturated rings. The normalized spacial score (nSPS) is 23.7. The Morgan fingerprint density at radius 1 is 1.22 bits per heavy atom. The molecule has 0 radical (unpaired) electrons. The van der Waals surface area contributed by atoms with Gasteiger partial charge in [-0.25, -0.2) is 0 Å². The zero-order chi connectivity index (χ0) is 12.8. The van der Waals surface area contributed by atoms with Crippen LogP contribution in [-0.4, -0.2) is 25.8 Å². The second kappa shape index (κ2) is 6.64. The number of ether oxygens (including phenoxy) is 2. The molecule has 1 N–H and O–H groups in total. The van der Waals surface area contributed by atoms with Crippen molar-refractivity contribution in [2.24, 2.45) is 0 Å². The first-order valence-corrected chi connectivity index (χ1v) is 6.89. The van der Waals surface area contributed by atoms with Crippen LogP contribution in [0, 0.1) is 0 Å². The Labute approximate surface area is 109 Å². The fraction of sp³-hybridized carbons (Fsp3) is 0.600. The summed E-state index contributed by atoms with van der Waals surface area (Å²) in [5.41, 5.74) is 0. The number of para-hydroxylation sites is 2. The third-order valence-electron chi connectivity index (χ3n) is 3.48. The molecule has 0 bridgehead atoms. The molecule has 1 aromatic carbocycles. The van der Waals surface area contributed by atoms with Crippen molar-refractivity contribution in [3.63, 3.8) is 0 Å². The van der Waals surface area contributed by atoms with Gasteiger partial charge in [-0.1, -0.05) is 12.1 Å². The molecule has 1 saturated carbocycles. The van der Waals surface area contributed by atoms with Crippen LogP contribution in [0.5, 0.6) is 11.5 Å². The zero-order valence-corrected chi connectivity index (χ0v) is 11.3. The third-order valence-corrected chi connectivity index (χ3v) is 3.48. The molecule has 2 unspecified atom stereocenters. The highest BCUT2D eigenvalue weighted by molar-refractivity contribution is 5.39. The lowest BCUT2D eigenvalue weighted by molar-refractivity contribution is 0.131. The maximum absolute atomic E-state index is 6.11. The van der Waals surface area contributed by atoms with Crippen LogP contribution >= 0.6 is 0 Å². The van der Waals surface area contributed by atoms with E-state index < -0.39 is 0 Å². The molecule has 2 rings (SSSR count). The second-order valence-corrected chi connectivity index (χ2v) is 4.77.